The number of hydrogen-bond acceptors (Lipinski definition) is 3. The van der Waals surface area contributed by atoms with Gasteiger partial charge in [-0.15, -0.1) is 0 Å². The highest BCUT2D eigenvalue weighted by Gasteiger charge is 2.16. The van der Waals surface area contributed by atoms with Gasteiger partial charge in [-0.1, -0.05) is 0 Å². The standard InChI is InChI=1S/C13H17N3O3/c17-12(18)8-10-4-5-11(9-14-10)15-13(19)16-6-2-1-3-7-16/h4-5,9H,1-3,6-8H2,(H,15,19)(H,17,18). The van der Waals surface area contributed by atoms with Crippen LogP contribution in [0.4, 0.5) is 10.5 Å². The van der Waals surface area contributed by atoms with E-state index in [1.54, 1.807) is 17.0 Å². The molecule has 1 saturated heterocycles. The van der Waals surface area contributed by atoms with E-state index in [2.05, 4.69) is 10.3 Å². The van der Waals surface area contributed by atoms with Crippen molar-refractivity contribution < 1.29 is 14.7 Å². The van der Waals surface area contributed by atoms with Gasteiger partial charge in [0, 0.05) is 13.1 Å². The normalized spacial score (nSPS) is 15.1. The molecule has 2 N–H and O–H groups in total. The third-order valence-electron chi connectivity index (χ3n) is 3.05. The zero-order valence-electron chi connectivity index (χ0n) is 10.6. The fourth-order valence-electron chi connectivity index (χ4n) is 2.06. The van der Waals surface area contributed by atoms with Crippen LogP contribution in [0, 0.1) is 0 Å². The topological polar surface area (TPSA) is 82.5 Å². The second-order valence-corrected chi connectivity index (χ2v) is 4.59. The van der Waals surface area contributed by atoms with Gasteiger partial charge in [0.15, 0.2) is 0 Å². The van der Waals surface area contributed by atoms with Crippen molar-refractivity contribution in [3.63, 3.8) is 0 Å². The fraction of sp³-hybridized carbons (Fsp3) is 0.462. The van der Waals surface area contributed by atoms with E-state index < -0.39 is 5.97 Å². The molecule has 6 heteroatoms. The highest BCUT2D eigenvalue weighted by Crippen LogP contribution is 2.12. The first kappa shape index (κ1) is 13.3. The second kappa shape index (κ2) is 6.17. The van der Waals surface area contributed by atoms with E-state index in [1.165, 1.54) is 12.6 Å². The predicted octanol–water partition coefficient (Wildman–Crippen LogP) is 1.73. The summed E-state index contributed by atoms with van der Waals surface area (Å²) >= 11 is 0. The molecule has 102 valence electrons. The highest BCUT2D eigenvalue weighted by molar-refractivity contribution is 5.89. The highest BCUT2D eigenvalue weighted by atomic mass is 16.4. The molecule has 0 bridgehead atoms. The number of carbonyl (C=O) groups excluding carboxylic acids is 1. The molecule has 6 nitrogen and oxygen atoms in total. The largest absolute Gasteiger partial charge is 0.481 e. The lowest BCUT2D eigenvalue weighted by Crippen LogP contribution is -2.38. The maximum absolute atomic E-state index is 11.9. The van der Waals surface area contributed by atoms with Gasteiger partial charge in [0.05, 0.1) is 24.0 Å². The molecule has 0 radical (unpaired) electrons. The van der Waals surface area contributed by atoms with Gasteiger partial charge < -0.3 is 15.3 Å². The van der Waals surface area contributed by atoms with Crippen molar-refractivity contribution in [2.24, 2.45) is 0 Å². The third kappa shape index (κ3) is 3.94. The number of rotatable bonds is 3. The Labute approximate surface area is 111 Å². The van der Waals surface area contributed by atoms with Crippen LogP contribution in [0.15, 0.2) is 18.3 Å². The minimum atomic E-state index is -0.919. The summed E-state index contributed by atoms with van der Waals surface area (Å²) < 4.78 is 0. The Hall–Kier alpha value is -2.11. The molecule has 0 aromatic carbocycles. The number of hydrogen-bond donors (Lipinski definition) is 2. The number of aromatic nitrogens is 1. The van der Waals surface area contributed by atoms with Gasteiger partial charge in [0.25, 0.3) is 0 Å². The monoisotopic (exact) mass is 263 g/mol. The van der Waals surface area contributed by atoms with E-state index in [0.29, 0.717) is 11.4 Å². The van der Waals surface area contributed by atoms with Gasteiger partial charge in [-0.25, -0.2) is 4.79 Å². The first-order chi connectivity index (χ1) is 9.15. The zero-order chi connectivity index (χ0) is 13.7. The molecule has 1 aliphatic heterocycles. The van der Waals surface area contributed by atoms with Crippen molar-refractivity contribution in [1.82, 2.24) is 9.88 Å². The number of carbonyl (C=O) groups is 2. The van der Waals surface area contributed by atoms with E-state index in [0.717, 1.165) is 25.9 Å². The SMILES string of the molecule is O=C(O)Cc1ccc(NC(=O)N2CCCCC2)cn1. The van der Waals surface area contributed by atoms with Crippen molar-refractivity contribution in [2.75, 3.05) is 18.4 Å². The number of anilines is 1. The van der Waals surface area contributed by atoms with Gasteiger partial charge in [0.2, 0.25) is 0 Å². The van der Waals surface area contributed by atoms with Crippen LogP contribution in [0.1, 0.15) is 25.0 Å². The Morgan fingerprint density at radius 2 is 2.00 bits per heavy atom. The molecule has 2 heterocycles. The summed E-state index contributed by atoms with van der Waals surface area (Å²) in [6.07, 6.45) is 4.64. The molecule has 0 spiro atoms. The van der Waals surface area contributed by atoms with Crippen molar-refractivity contribution >= 4 is 17.7 Å². The van der Waals surface area contributed by atoms with Gasteiger partial charge >= 0.3 is 12.0 Å². The molecular formula is C13H17N3O3. The molecule has 1 aromatic heterocycles. The molecule has 0 unspecified atom stereocenters. The van der Waals surface area contributed by atoms with Gasteiger partial charge in [-0.2, -0.15) is 0 Å². The Kier molecular flexibility index (Phi) is 4.33. The number of pyridine rings is 1. The second-order valence-electron chi connectivity index (χ2n) is 4.59. The van der Waals surface area contributed by atoms with Gasteiger partial charge in [-0.3, -0.25) is 9.78 Å². The minimum Gasteiger partial charge on any atom is -0.481 e. The summed E-state index contributed by atoms with van der Waals surface area (Å²) in [5.74, 6) is -0.919. The van der Waals surface area contributed by atoms with E-state index in [1.807, 2.05) is 0 Å². The Morgan fingerprint density at radius 1 is 1.26 bits per heavy atom. The van der Waals surface area contributed by atoms with Crippen molar-refractivity contribution in [3.05, 3.63) is 24.0 Å². The fourth-order valence-corrected chi connectivity index (χ4v) is 2.06. The first-order valence-electron chi connectivity index (χ1n) is 6.38. The van der Waals surface area contributed by atoms with E-state index in [9.17, 15) is 9.59 Å². The Morgan fingerprint density at radius 3 is 2.58 bits per heavy atom. The zero-order valence-corrected chi connectivity index (χ0v) is 10.6. The van der Waals surface area contributed by atoms with Gasteiger partial charge in [-0.05, 0) is 31.4 Å². The maximum atomic E-state index is 11.9. The van der Waals surface area contributed by atoms with Crippen LogP contribution in [-0.2, 0) is 11.2 Å². The molecule has 0 atom stereocenters. The van der Waals surface area contributed by atoms with E-state index in [-0.39, 0.29) is 12.5 Å². The molecule has 1 aliphatic rings. The number of carboxylic acid groups (broad SMARTS) is 1. The van der Waals surface area contributed by atoms with Crippen LogP contribution in [0.3, 0.4) is 0 Å². The number of nitrogens with zero attached hydrogens (tertiary/aromatic N) is 2. The van der Waals surface area contributed by atoms with Crippen LogP contribution in [0.5, 0.6) is 0 Å². The minimum absolute atomic E-state index is 0.111. The van der Waals surface area contributed by atoms with Crippen LogP contribution < -0.4 is 5.32 Å². The van der Waals surface area contributed by atoms with Crippen molar-refractivity contribution in [3.8, 4) is 0 Å². The number of aliphatic carboxylic acids is 1. The first-order valence-corrected chi connectivity index (χ1v) is 6.38. The molecule has 1 aromatic rings. The van der Waals surface area contributed by atoms with Crippen molar-refractivity contribution in [2.45, 2.75) is 25.7 Å². The molecular weight excluding hydrogens is 246 g/mol. The number of likely N-dealkylation sites (tertiary alicyclic amines) is 1. The third-order valence-corrected chi connectivity index (χ3v) is 3.05. The lowest BCUT2D eigenvalue weighted by molar-refractivity contribution is -0.136. The molecule has 2 rings (SSSR count). The smallest absolute Gasteiger partial charge is 0.321 e. The summed E-state index contributed by atoms with van der Waals surface area (Å²) in [5.41, 5.74) is 1.06. The number of urea groups is 1. The molecule has 1 fully saturated rings. The predicted molar refractivity (Wildman–Crippen MR) is 70.0 cm³/mol. The maximum Gasteiger partial charge on any atom is 0.321 e. The molecule has 2 amide bonds. The Balaban J connectivity index is 1.91. The summed E-state index contributed by atoms with van der Waals surface area (Å²) in [6, 6.07) is 3.17. The number of carboxylic acids is 1. The summed E-state index contributed by atoms with van der Waals surface area (Å²) in [5, 5.41) is 11.4. The number of nitrogens with one attached hydrogen (secondary N) is 1. The lowest BCUT2D eigenvalue weighted by atomic mass is 10.1. The molecule has 0 aliphatic carbocycles. The van der Waals surface area contributed by atoms with Crippen LogP contribution in [0.2, 0.25) is 0 Å². The van der Waals surface area contributed by atoms with Crippen LogP contribution >= 0.6 is 0 Å². The van der Waals surface area contributed by atoms with E-state index >= 15 is 0 Å². The number of piperidine rings is 1. The molecule has 0 saturated carbocycles. The molecule has 19 heavy (non-hydrogen) atoms. The van der Waals surface area contributed by atoms with E-state index in [4.69, 9.17) is 5.11 Å². The average Bonchev–Trinajstić information content (AvgIpc) is 2.41. The Bertz CT molecular complexity index is 453. The summed E-state index contributed by atoms with van der Waals surface area (Å²) in [6.45, 7) is 1.58. The quantitative estimate of drug-likeness (QED) is 0.870. The average molecular weight is 263 g/mol. The van der Waals surface area contributed by atoms with Crippen molar-refractivity contribution in [1.29, 1.82) is 0 Å². The number of amides is 2. The lowest BCUT2D eigenvalue weighted by Gasteiger charge is -2.26. The summed E-state index contributed by atoms with van der Waals surface area (Å²) in [4.78, 5) is 28.2. The van der Waals surface area contributed by atoms with Gasteiger partial charge in [0.1, 0.15) is 0 Å². The van der Waals surface area contributed by atoms with Crippen LogP contribution in [0.25, 0.3) is 0 Å². The summed E-state index contributed by atoms with van der Waals surface area (Å²) in [7, 11) is 0. The van der Waals surface area contributed by atoms with Crippen LogP contribution in [-0.4, -0.2) is 40.1 Å².